The normalized spacial score (nSPS) is 27.5. The van der Waals surface area contributed by atoms with E-state index in [1.807, 2.05) is 0 Å². The molecule has 2 atom stereocenters. The van der Waals surface area contributed by atoms with Gasteiger partial charge in [0.25, 0.3) is 0 Å². The van der Waals surface area contributed by atoms with E-state index in [2.05, 4.69) is 20.8 Å². The van der Waals surface area contributed by atoms with Crippen molar-refractivity contribution in [3.05, 3.63) is 0 Å². The van der Waals surface area contributed by atoms with Gasteiger partial charge in [0.2, 0.25) is 0 Å². The zero-order valence-electron chi connectivity index (χ0n) is 8.27. The monoisotopic (exact) mass is 190 g/mol. The summed E-state index contributed by atoms with van der Waals surface area (Å²) in [5, 5.41) is 0. The van der Waals surface area contributed by atoms with Gasteiger partial charge in [0.1, 0.15) is 0 Å². The van der Waals surface area contributed by atoms with Gasteiger partial charge in [0, 0.05) is 18.4 Å². The Bertz CT molecular complexity index is 133. The standard InChI is InChI=1S/C10H19ClO/c1-10(2,3)8(7-11)9-5-4-6-12-9/h8-9H,4-7H2,1-3H3. The molecule has 1 heterocycles. The third-order valence-corrected chi connectivity index (χ3v) is 3.02. The molecule has 1 saturated heterocycles. The van der Waals surface area contributed by atoms with Crippen LogP contribution < -0.4 is 0 Å². The Hall–Kier alpha value is 0.250. The van der Waals surface area contributed by atoms with Crippen molar-refractivity contribution in [3.63, 3.8) is 0 Å². The Labute approximate surface area is 80.4 Å². The van der Waals surface area contributed by atoms with Crippen molar-refractivity contribution in [2.45, 2.75) is 39.7 Å². The average molecular weight is 191 g/mol. The summed E-state index contributed by atoms with van der Waals surface area (Å²) in [5.41, 5.74) is 0.275. The van der Waals surface area contributed by atoms with E-state index < -0.39 is 0 Å². The van der Waals surface area contributed by atoms with E-state index >= 15 is 0 Å². The van der Waals surface area contributed by atoms with Gasteiger partial charge < -0.3 is 4.74 Å². The van der Waals surface area contributed by atoms with Gasteiger partial charge in [-0.25, -0.2) is 0 Å². The van der Waals surface area contributed by atoms with Gasteiger partial charge in [-0.1, -0.05) is 20.8 Å². The topological polar surface area (TPSA) is 9.23 Å². The van der Waals surface area contributed by atoms with Crippen molar-refractivity contribution in [2.75, 3.05) is 12.5 Å². The van der Waals surface area contributed by atoms with Crippen LogP contribution in [0.3, 0.4) is 0 Å². The summed E-state index contributed by atoms with van der Waals surface area (Å²) < 4.78 is 5.65. The van der Waals surface area contributed by atoms with Crippen molar-refractivity contribution in [1.29, 1.82) is 0 Å². The lowest BCUT2D eigenvalue weighted by atomic mass is 9.78. The number of alkyl halides is 1. The van der Waals surface area contributed by atoms with Crippen LogP contribution in [-0.2, 0) is 4.74 Å². The molecule has 2 unspecified atom stereocenters. The minimum absolute atomic E-state index is 0.275. The van der Waals surface area contributed by atoms with Crippen LogP contribution in [0.4, 0.5) is 0 Å². The van der Waals surface area contributed by atoms with Crippen molar-refractivity contribution < 1.29 is 4.74 Å². The van der Waals surface area contributed by atoms with Crippen LogP contribution in [0.15, 0.2) is 0 Å². The van der Waals surface area contributed by atoms with E-state index in [1.54, 1.807) is 0 Å². The van der Waals surface area contributed by atoms with Crippen LogP contribution in [0, 0.1) is 11.3 Å². The zero-order chi connectivity index (χ0) is 9.19. The minimum atomic E-state index is 0.275. The number of rotatable bonds is 2. The lowest BCUT2D eigenvalue weighted by molar-refractivity contribution is 0.0269. The lowest BCUT2D eigenvalue weighted by Crippen LogP contribution is -2.33. The summed E-state index contributed by atoms with van der Waals surface area (Å²) in [6, 6.07) is 0. The van der Waals surface area contributed by atoms with Gasteiger partial charge in [0.05, 0.1) is 6.10 Å². The summed E-state index contributed by atoms with van der Waals surface area (Å²) in [7, 11) is 0. The van der Waals surface area contributed by atoms with Crippen molar-refractivity contribution in [1.82, 2.24) is 0 Å². The highest BCUT2D eigenvalue weighted by atomic mass is 35.5. The molecule has 0 aromatic rings. The van der Waals surface area contributed by atoms with Crippen LogP contribution in [0.5, 0.6) is 0 Å². The van der Waals surface area contributed by atoms with E-state index in [9.17, 15) is 0 Å². The van der Waals surface area contributed by atoms with Gasteiger partial charge in [-0.05, 0) is 18.3 Å². The molecule has 0 aromatic heterocycles. The molecule has 0 spiro atoms. The predicted octanol–water partition coefficient (Wildman–Crippen LogP) is 3.07. The second kappa shape index (κ2) is 3.97. The molecule has 1 fully saturated rings. The highest BCUT2D eigenvalue weighted by Gasteiger charge is 2.33. The summed E-state index contributed by atoms with van der Waals surface area (Å²) >= 11 is 5.95. The molecule has 0 bridgehead atoms. The molecule has 12 heavy (non-hydrogen) atoms. The van der Waals surface area contributed by atoms with Crippen LogP contribution >= 0.6 is 11.6 Å². The number of hydrogen-bond donors (Lipinski definition) is 0. The number of ether oxygens (including phenoxy) is 1. The fourth-order valence-electron chi connectivity index (χ4n) is 1.81. The highest BCUT2D eigenvalue weighted by Crippen LogP contribution is 2.35. The first-order valence-corrected chi connectivity index (χ1v) is 5.26. The smallest absolute Gasteiger partial charge is 0.0620 e. The van der Waals surface area contributed by atoms with E-state index in [0.717, 1.165) is 6.61 Å². The fraction of sp³-hybridized carbons (Fsp3) is 1.00. The molecule has 0 N–H and O–H groups in total. The Morgan fingerprint density at radius 2 is 2.17 bits per heavy atom. The van der Waals surface area contributed by atoms with Gasteiger partial charge in [-0.15, -0.1) is 11.6 Å². The molecular weight excluding hydrogens is 172 g/mol. The number of hydrogen-bond acceptors (Lipinski definition) is 1. The van der Waals surface area contributed by atoms with Gasteiger partial charge in [-0.2, -0.15) is 0 Å². The maximum atomic E-state index is 5.95. The van der Waals surface area contributed by atoms with Crippen LogP contribution in [0.2, 0.25) is 0 Å². The van der Waals surface area contributed by atoms with Crippen LogP contribution in [-0.4, -0.2) is 18.6 Å². The Kier molecular flexibility index (Phi) is 3.42. The molecule has 0 aliphatic carbocycles. The van der Waals surface area contributed by atoms with Crippen molar-refractivity contribution >= 4 is 11.6 Å². The SMILES string of the molecule is CC(C)(C)C(CCl)C1CCCO1. The average Bonchev–Trinajstić information content (AvgIpc) is 2.38. The van der Waals surface area contributed by atoms with Crippen molar-refractivity contribution in [2.24, 2.45) is 11.3 Å². The molecule has 0 aromatic carbocycles. The largest absolute Gasteiger partial charge is 0.378 e. The molecule has 1 rings (SSSR count). The van der Waals surface area contributed by atoms with E-state index in [-0.39, 0.29) is 5.41 Å². The predicted molar refractivity (Wildman–Crippen MR) is 52.6 cm³/mol. The quantitative estimate of drug-likeness (QED) is 0.609. The fourth-order valence-corrected chi connectivity index (χ4v) is 2.47. The lowest BCUT2D eigenvalue weighted by Gasteiger charge is -2.33. The summed E-state index contributed by atoms with van der Waals surface area (Å²) in [6.07, 6.45) is 2.80. The second-order valence-corrected chi connectivity index (χ2v) is 4.99. The molecular formula is C10H19ClO. The van der Waals surface area contributed by atoms with Gasteiger partial charge in [0.15, 0.2) is 0 Å². The Balaban J connectivity index is 2.54. The zero-order valence-corrected chi connectivity index (χ0v) is 9.03. The molecule has 0 radical (unpaired) electrons. The third kappa shape index (κ3) is 2.37. The van der Waals surface area contributed by atoms with E-state index in [0.29, 0.717) is 17.9 Å². The van der Waals surface area contributed by atoms with Crippen LogP contribution in [0.25, 0.3) is 0 Å². The summed E-state index contributed by atoms with van der Waals surface area (Å²) in [6.45, 7) is 7.64. The molecule has 1 aliphatic rings. The molecule has 72 valence electrons. The second-order valence-electron chi connectivity index (χ2n) is 4.68. The minimum Gasteiger partial charge on any atom is -0.378 e. The Morgan fingerprint density at radius 3 is 2.50 bits per heavy atom. The van der Waals surface area contributed by atoms with E-state index in [4.69, 9.17) is 16.3 Å². The maximum absolute atomic E-state index is 5.95. The summed E-state index contributed by atoms with van der Waals surface area (Å²) in [5.74, 6) is 1.22. The van der Waals surface area contributed by atoms with E-state index in [1.165, 1.54) is 12.8 Å². The Morgan fingerprint density at radius 1 is 1.50 bits per heavy atom. The number of halogens is 1. The van der Waals surface area contributed by atoms with Gasteiger partial charge >= 0.3 is 0 Å². The first-order chi connectivity index (χ1) is 5.55. The third-order valence-electron chi connectivity index (χ3n) is 2.69. The van der Waals surface area contributed by atoms with Crippen LogP contribution in [0.1, 0.15) is 33.6 Å². The van der Waals surface area contributed by atoms with Crippen molar-refractivity contribution in [3.8, 4) is 0 Å². The molecule has 0 saturated carbocycles. The molecule has 0 amide bonds. The highest BCUT2D eigenvalue weighted by molar-refractivity contribution is 6.18. The molecule has 1 aliphatic heterocycles. The molecule has 1 nitrogen and oxygen atoms in total. The maximum Gasteiger partial charge on any atom is 0.0620 e. The first kappa shape index (κ1) is 10.3. The van der Waals surface area contributed by atoms with Gasteiger partial charge in [-0.3, -0.25) is 0 Å². The molecule has 2 heteroatoms. The summed E-state index contributed by atoms with van der Waals surface area (Å²) in [4.78, 5) is 0. The first-order valence-electron chi connectivity index (χ1n) is 4.73.